The van der Waals surface area contributed by atoms with Crippen LogP contribution >= 0.6 is 0 Å². The molecule has 2 fully saturated rings. The third kappa shape index (κ3) is 5.59. The summed E-state index contributed by atoms with van der Waals surface area (Å²) in [5.74, 6) is -1.96. The van der Waals surface area contributed by atoms with Crippen LogP contribution in [0, 0.1) is 17.6 Å². The van der Waals surface area contributed by atoms with Crippen LogP contribution in [0.2, 0.25) is 0 Å². The van der Waals surface area contributed by atoms with Crippen LogP contribution in [0.25, 0.3) is 0 Å². The van der Waals surface area contributed by atoms with Crippen molar-refractivity contribution in [3.63, 3.8) is 0 Å². The summed E-state index contributed by atoms with van der Waals surface area (Å²) in [6, 6.07) is 12.7. The first-order valence-corrected chi connectivity index (χ1v) is 12.8. The van der Waals surface area contributed by atoms with Gasteiger partial charge in [0.2, 0.25) is 15.9 Å². The SMILES string of the molecule is O=C(C1CCN(S(=O)(=O)c2cc(F)ccc2F)CC1)N1CCN(CCc2ccccc2)CC1. The fourth-order valence-electron chi connectivity index (χ4n) is 4.54. The number of sulfonamides is 1. The number of amides is 1. The van der Waals surface area contributed by atoms with E-state index in [1.807, 2.05) is 23.1 Å². The maximum absolute atomic E-state index is 14.0. The van der Waals surface area contributed by atoms with Gasteiger partial charge < -0.3 is 4.90 Å². The molecule has 1 amide bonds. The van der Waals surface area contributed by atoms with E-state index in [1.54, 1.807) is 0 Å². The highest BCUT2D eigenvalue weighted by Crippen LogP contribution is 2.27. The Morgan fingerprint density at radius 2 is 1.58 bits per heavy atom. The van der Waals surface area contributed by atoms with E-state index < -0.39 is 26.6 Å². The first kappa shape index (κ1) is 23.8. The Morgan fingerprint density at radius 1 is 0.909 bits per heavy atom. The second kappa shape index (κ2) is 10.3. The lowest BCUT2D eigenvalue weighted by atomic mass is 9.96. The van der Waals surface area contributed by atoms with Gasteiger partial charge in [0.05, 0.1) is 0 Å². The summed E-state index contributed by atoms with van der Waals surface area (Å²) in [6.45, 7) is 4.17. The molecule has 6 nitrogen and oxygen atoms in total. The summed E-state index contributed by atoms with van der Waals surface area (Å²) in [7, 11) is -4.14. The van der Waals surface area contributed by atoms with Gasteiger partial charge in [-0.05, 0) is 43.0 Å². The molecule has 0 saturated carbocycles. The predicted molar refractivity (Wildman–Crippen MR) is 121 cm³/mol. The molecule has 33 heavy (non-hydrogen) atoms. The van der Waals surface area contributed by atoms with Crippen molar-refractivity contribution in [1.82, 2.24) is 14.1 Å². The molecule has 9 heteroatoms. The van der Waals surface area contributed by atoms with Crippen LogP contribution < -0.4 is 0 Å². The van der Waals surface area contributed by atoms with Crippen molar-refractivity contribution < 1.29 is 22.0 Å². The number of piperidine rings is 1. The fourth-order valence-corrected chi connectivity index (χ4v) is 6.08. The molecule has 2 saturated heterocycles. The summed E-state index contributed by atoms with van der Waals surface area (Å²) in [5, 5.41) is 0. The number of carbonyl (C=O) groups excluding carboxylic acids is 1. The summed E-state index contributed by atoms with van der Waals surface area (Å²) in [6.07, 6.45) is 1.74. The van der Waals surface area contributed by atoms with Crippen LogP contribution in [0.4, 0.5) is 8.78 Å². The molecule has 2 aromatic carbocycles. The first-order chi connectivity index (χ1) is 15.8. The van der Waals surface area contributed by atoms with Gasteiger partial charge in [-0.2, -0.15) is 4.31 Å². The van der Waals surface area contributed by atoms with E-state index in [2.05, 4.69) is 17.0 Å². The predicted octanol–water partition coefficient (Wildman–Crippen LogP) is 2.75. The highest BCUT2D eigenvalue weighted by atomic mass is 32.2. The number of benzene rings is 2. The Bertz CT molecular complexity index is 1070. The number of hydrogen-bond acceptors (Lipinski definition) is 4. The van der Waals surface area contributed by atoms with Crippen LogP contribution in [0.1, 0.15) is 18.4 Å². The normalized spacial score (nSPS) is 19.0. The third-order valence-corrected chi connectivity index (χ3v) is 8.47. The van der Waals surface area contributed by atoms with Gasteiger partial charge in [0, 0.05) is 51.7 Å². The Morgan fingerprint density at radius 3 is 2.24 bits per heavy atom. The van der Waals surface area contributed by atoms with E-state index in [1.165, 1.54) is 5.56 Å². The Labute approximate surface area is 193 Å². The number of halogens is 2. The molecule has 0 aromatic heterocycles. The second-order valence-electron chi connectivity index (χ2n) is 8.66. The van der Waals surface area contributed by atoms with Gasteiger partial charge in [0.15, 0.2) is 0 Å². The van der Waals surface area contributed by atoms with Crippen molar-refractivity contribution in [3.8, 4) is 0 Å². The standard InChI is InChI=1S/C24H29F2N3O3S/c25-21-6-7-22(26)23(18-21)33(31,32)29-12-9-20(10-13-29)24(30)28-16-14-27(15-17-28)11-8-19-4-2-1-3-5-19/h1-7,18,20H,8-17H2. The lowest BCUT2D eigenvalue weighted by Gasteiger charge is -2.38. The average molecular weight is 478 g/mol. The number of piperazine rings is 1. The van der Waals surface area contributed by atoms with E-state index in [4.69, 9.17) is 0 Å². The molecule has 0 radical (unpaired) electrons. The van der Waals surface area contributed by atoms with Crippen LogP contribution in [-0.2, 0) is 21.2 Å². The van der Waals surface area contributed by atoms with E-state index in [-0.39, 0.29) is 24.9 Å². The molecule has 178 valence electrons. The van der Waals surface area contributed by atoms with E-state index in [0.29, 0.717) is 32.0 Å². The van der Waals surface area contributed by atoms with Gasteiger partial charge >= 0.3 is 0 Å². The van der Waals surface area contributed by atoms with E-state index >= 15 is 0 Å². The minimum atomic E-state index is -4.14. The Kier molecular flexibility index (Phi) is 7.41. The molecule has 0 N–H and O–H groups in total. The smallest absolute Gasteiger partial charge is 0.246 e. The molecule has 0 bridgehead atoms. The zero-order chi connectivity index (χ0) is 23.4. The third-order valence-electron chi connectivity index (χ3n) is 6.56. The van der Waals surface area contributed by atoms with Crippen molar-refractivity contribution in [3.05, 3.63) is 65.7 Å². The van der Waals surface area contributed by atoms with Crippen molar-refractivity contribution in [2.45, 2.75) is 24.2 Å². The molecule has 0 spiro atoms. The van der Waals surface area contributed by atoms with Crippen molar-refractivity contribution in [2.24, 2.45) is 5.92 Å². The first-order valence-electron chi connectivity index (χ1n) is 11.3. The van der Waals surface area contributed by atoms with Crippen LogP contribution in [0.3, 0.4) is 0 Å². The van der Waals surface area contributed by atoms with Gasteiger partial charge in [-0.1, -0.05) is 30.3 Å². The van der Waals surface area contributed by atoms with E-state index in [9.17, 15) is 22.0 Å². The monoisotopic (exact) mass is 477 g/mol. The molecule has 2 aromatic rings. The Hall–Kier alpha value is -2.36. The molecule has 2 heterocycles. The second-order valence-corrected chi connectivity index (χ2v) is 10.6. The minimum Gasteiger partial charge on any atom is -0.340 e. The molecule has 4 rings (SSSR count). The highest BCUT2D eigenvalue weighted by Gasteiger charge is 2.35. The van der Waals surface area contributed by atoms with Crippen molar-refractivity contribution in [1.29, 1.82) is 0 Å². The number of nitrogens with zero attached hydrogens (tertiary/aromatic N) is 3. The molecule has 2 aliphatic rings. The maximum Gasteiger partial charge on any atom is 0.246 e. The number of carbonyl (C=O) groups is 1. The lowest BCUT2D eigenvalue weighted by Crippen LogP contribution is -2.52. The maximum atomic E-state index is 14.0. The van der Waals surface area contributed by atoms with Crippen molar-refractivity contribution >= 4 is 15.9 Å². The van der Waals surface area contributed by atoms with Crippen molar-refractivity contribution in [2.75, 3.05) is 45.8 Å². The van der Waals surface area contributed by atoms with Crippen LogP contribution in [0.5, 0.6) is 0 Å². The van der Waals surface area contributed by atoms with Gasteiger partial charge in [-0.15, -0.1) is 0 Å². The van der Waals surface area contributed by atoms with Gasteiger partial charge in [-0.3, -0.25) is 9.69 Å². The largest absolute Gasteiger partial charge is 0.340 e. The van der Waals surface area contributed by atoms with Gasteiger partial charge in [0.25, 0.3) is 0 Å². The van der Waals surface area contributed by atoms with Gasteiger partial charge in [-0.25, -0.2) is 17.2 Å². The summed E-state index contributed by atoms with van der Waals surface area (Å²) >= 11 is 0. The lowest BCUT2D eigenvalue weighted by molar-refractivity contribution is -0.138. The number of rotatable bonds is 6. The van der Waals surface area contributed by atoms with Gasteiger partial charge in [0.1, 0.15) is 16.5 Å². The Balaban J connectivity index is 1.26. The molecule has 0 atom stereocenters. The zero-order valence-corrected chi connectivity index (χ0v) is 19.3. The average Bonchev–Trinajstić information content (AvgIpc) is 2.85. The molecule has 2 aliphatic heterocycles. The quantitative estimate of drug-likeness (QED) is 0.642. The number of hydrogen-bond donors (Lipinski definition) is 0. The van der Waals surface area contributed by atoms with E-state index in [0.717, 1.165) is 42.5 Å². The fraction of sp³-hybridized carbons (Fsp3) is 0.458. The minimum absolute atomic E-state index is 0.0618. The summed E-state index contributed by atoms with van der Waals surface area (Å²) in [5.41, 5.74) is 1.30. The summed E-state index contributed by atoms with van der Waals surface area (Å²) in [4.78, 5) is 16.6. The molecular formula is C24H29F2N3O3S. The topological polar surface area (TPSA) is 60.9 Å². The molecular weight excluding hydrogens is 448 g/mol. The highest BCUT2D eigenvalue weighted by molar-refractivity contribution is 7.89. The molecule has 0 aliphatic carbocycles. The molecule has 0 unspecified atom stereocenters. The zero-order valence-electron chi connectivity index (χ0n) is 18.5. The van der Waals surface area contributed by atoms with Crippen LogP contribution in [-0.4, -0.2) is 74.2 Å². The van der Waals surface area contributed by atoms with Crippen LogP contribution in [0.15, 0.2) is 53.4 Å². The summed E-state index contributed by atoms with van der Waals surface area (Å²) < 4.78 is 54.2.